The van der Waals surface area contributed by atoms with Gasteiger partial charge in [-0.1, -0.05) is 49.4 Å². The number of carbonyl (C=O) groups excluding carboxylic acids is 1. The van der Waals surface area contributed by atoms with E-state index in [0.717, 1.165) is 17.5 Å². The molecule has 2 aromatic rings. The summed E-state index contributed by atoms with van der Waals surface area (Å²) >= 11 is 0. The molecule has 0 aliphatic rings. The van der Waals surface area contributed by atoms with Gasteiger partial charge in [0, 0.05) is 13.7 Å². The van der Waals surface area contributed by atoms with Crippen molar-refractivity contribution in [3.63, 3.8) is 0 Å². The molecule has 0 saturated heterocycles. The Labute approximate surface area is 142 Å². The summed E-state index contributed by atoms with van der Waals surface area (Å²) in [7, 11) is 1.65. The number of methoxy groups -OCH3 is 1. The van der Waals surface area contributed by atoms with Crippen LogP contribution in [0.3, 0.4) is 0 Å². The van der Waals surface area contributed by atoms with Gasteiger partial charge in [0.1, 0.15) is 11.4 Å². The van der Waals surface area contributed by atoms with Crippen LogP contribution in [0, 0.1) is 5.82 Å². The largest absolute Gasteiger partial charge is 0.372 e. The Morgan fingerprint density at radius 2 is 1.75 bits per heavy atom. The molecule has 0 saturated carbocycles. The van der Waals surface area contributed by atoms with Gasteiger partial charge in [0.25, 0.3) is 0 Å². The monoisotopic (exact) mass is 330 g/mol. The molecule has 2 amide bonds. The first-order chi connectivity index (χ1) is 11.6. The van der Waals surface area contributed by atoms with E-state index in [4.69, 9.17) is 4.74 Å². The molecule has 0 aliphatic carbocycles. The van der Waals surface area contributed by atoms with Crippen LogP contribution < -0.4 is 10.6 Å². The number of hydrogen-bond donors (Lipinski definition) is 2. The summed E-state index contributed by atoms with van der Waals surface area (Å²) in [5, 5.41) is 5.62. The number of amides is 2. The number of rotatable bonds is 7. The first-order valence-corrected chi connectivity index (χ1v) is 7.96. The average molecular weight is 330 g/mol. The van der Waals surface area contributed by atoms with Crippen molar-refractivity contribution in [3.8, 4) is 0 Å². The molecule has 0 bridgehead atoms. The average Bonchev–Trinajstić information content (AvgIpc) is 2.63. The lowest BCUT2D eigenvalue weighted by molar-refractivity contribution is -0.0152. The third-order valence-corrected chi connectivity index (χ3v) is 4.16. The van der Waals surface area contributed by atoms with Crippen LogP contribution >= 0.6 is 0 Å². The number of halogens is 1. The van der Waals surface area contributed by atoms with E-state index in [1.165, 1.54) is 12.1 Å². The Bertz CT molecular complexity index is 640. The summed E-state index contributed by atoms with van der Waals surface area (Å²) in [6, 6.07) is 15.6. The molecule has 5 heteroatoms. The molecule has 128 valence electrons. The zero-order chi connectivity index (χ0) is 17.4. The molecule has 4 nitrogen and oxygen atoms in total. The number of carbonyl (C=O) groups is 1. The van der Waals surface area contributed by atoms with Crippen LogP contribution in [0.1, 0.15) is 24.5 Å². The van der Waals surface area contributed by atoms with Gasteiger partial charge in [-0.25, -0.2) is 9.18 Å². The van der Waals surface area contributed by atoms with Gasteiger partial charge in [-0.05, 0) is 29.7 Å². The number of nitrogens with one attached hydrogen (secondary N) is 2. The zero-order valence-electron chi connectivity index (χ0n) is 14.0. The van der Waals surface area contributed by atoms with Crippen LogP contribution in [0.2, 0.25) is 0 Å². The first kappa shape index (κ1) is 17.9. The highest BCUT2D eigenvalue weighted by Crippen LogP contribution is 2.27. The quantitative estimate of drug-likeness (QED) is 0.815. The molecule has 24 heavy (non-hydrogen) atoms. The van der Waals surface area contributed by atoms with Crippen molar-refractivity contribution in [2.75, 3.05) is 13.7 Å². The summed E-state index contributed by atoms with van der Waals surface area (Å²) in [4.78, 5) is 12.0. The third kappa shape index (κ3) is 4.55. The molecule has 2 aromatic carbocycles. The van der Waals surface area contributed by atoms with Crippen LogP contribution in [0.15, 0.2) is 54.6 Å². The van der Waals surface area contributed by atoms with Gasteiger partial charge in [-0.2, -0.15) is 0 Å². The summed E-state index contributed by atoms with van der Waals surface area (Å²) in [5.74, 6) is -0.293. The smallest absolute Gasteiger partial charge is 0.315 e. The normalized spacial score (nSPS) is 13.1. The van der Waals surface area contributed by atoms with Crippen molar-refractivity contribution in [1.82, 2.24) is 10.6 Å². The molecule has 0 aliphatic heterocycles. The van der Waals surface area contributed by atoms with Gasteiger partial charge >= 0.3 is 6.03 Å². The van der Waals surface area contributed by atoms with Gasteiger partial charge in [0.2, 0.25) is 0 Å². The molecule has 2 N–H and O–H groups in total. The van der Waals surface area contributed by atoms with Crippen LogP contribution in [-0.4, -0.2) is 19.7 Å². The topological polar surface area (TPSA) is 50.4 Å². The maximum absolute atomic E-state index is 12.9. The van der Waals surface area contributed by atoms with E-state index in [1.807, 2.05) is 37.3 Å². The molecule has 0 aromatic heterocycles. The second kappa shape index (κ2) is 8.45. The van der Waals surface area contributed by atoms with Crippen LogP contribution in [0.4, 0.5) is 9.18 Å². The Balaban J connectivity index is 1.92. The second-order valence-electron chi connectivity index (χ2n) is 5.58. The molecule has 0 radical (unpaired) electrons. The molecule has 0 heterocycles. The Hall–Kier alpha value is -2.40. The van der Waals surface area contributed by atoms with E-state index in [2.05, 4.69) is 10.6 Å². The highest BCUT2D eigenvalue weighted by Gasteiger charge is 2.30. The first-order valence-electron chi connectivity index (χ1n) is 7.96. The Morgan fingerprint density at radius 3 is 2.33 bits per heavy atom. The number of urea groups is 1. The van der Waals surface area contributed by atoms with Crippen LogP contribution in [0.5, 0.6) is 0 Å². The molecule has 0 fully saturated rings. The summed E-state index contributed by atoms with van der Waals surface area (Å²) < 4.78 is 18.6. The van der Waals surface area contributed by atoms with Gasteiger partial charge < -0.3 is 15.4 Å². The maximum Gasteiger partial charge on any atom is 0.315 e. The highest BCUT2D eigenvalue weighted by atomic mass is 19.1. The third-order valence-electron chi connectivity index (χ3n) is 4.16. The number of hydrogen-bond acceptors (Lipinski definition) is 2. The molecule has 1 unspecified atom stereocenters. The fraction of sp³-hybridized carbons (Fsp3) is 0.316. The van der Waals surface area contributed by atoms with E-state index in [1.54, 1.807) is 19.2 Å². The van der Waals surface area contributed by atoms with Crippen molar-refractivity contribution in [3.05, 3.63) is 71.5 Å². The van der Waals surface area contributed by atoms with Crippen molar-refractivity contribution in [2.45, 2.75) is 25.5 Å². The van der Waals surface area contributed by atoms with Gasteiger partial charge in [-0.3, -0.25) is 0 Å². The van der Waals surface area contributed by atoms with Crippen molar-refractivity contribution in [2.24, 2.45) is 0 Å². The van der Waals surface area contributed by atoms with Gasteiger partial charge in [0.15, 0.2) is 0 Å². The van der Waals surface area contributed by atoms with Gasteiger partial charge in [0.05, 0.1) is 6.54 Å². The SMILES string of the molecule is CCC(CNC(=O)NCc1ccc(F)cc1)(OC)c1ccccc1. The number of ether oxygens (including phenoxy) is 1. The summed E-state index contributed by atoms with van der Waals surface area (Å²) in [6.07, 6.45) is 0.728. The lowest BCUT2D eigenvalue weighted by Crippen LogP contribution is -2.45. The summed E-state index contributed by atoms with van der Waals surface area (Å²) in [5.41, 5.74) is 1.30. The lowest BCUT2D eigenvalue weighted by atomic mass is 9.91. The predicted molar refractivity (Wildman–Crippen MR) is 92.1 cm³/mol. The van der Waals surface area contributed by atoms with E-state index >= 15 is 0 Å². The van der Waals surface area contributed by atoms with Crippen molar-refractivity contribution < 1.29 is 13.9 Å². The Kier molecular flexibility index (Phi) is 6.32. The standard InChI is InChI=1S/C19H23FN2O2/c1-3-19(24-2,16-7-5-4-6-8-16)14-22-18(23)21-13-15-9-11-17(20)12-10-15/h4-12H,3,13-14H2,1-2H3,(H2,21,22,23). The molecular formula is C19H23FN2O2. The minimum absolute atomic E-state index is 0.287. The summed E-state index contributed by atoms with van der Waals surface area (Å²) in [6.45, 7) is 2.72. The van der Waals surface area contributed by atoms with E-state index in [9.17, 15) is 9.18 Å². The van der Waals surface area contributed by atoms with Gasteiger partial charge in [-0.15, -0.1) is 0 Å². The minimum Gasteiger partial charge on any atom is -0.372 e. The molecule has 0 spiro atoms. The molecule has 1 atom stereocenters. The molecule has 2 rings (SSSR count). The van der Waals surface area contributed by atoms with Crippen molar-refractivity contribution in [1.29, 1.82) is 0 Å². The van der Waals surface area contributed by atoms with Crippen molar-refractivity contribution >= 4 is 6.03 Å². The molecular weight excluding hydrogens is 307 g/mol. The fourth-order valence-corrected chi connectivity index (χ4v) is 2.58. The fourth-order valence-electron chi connectivity index (χ4n) is 2.58. The second-order valence-corrected chi connectivity index (χ2v) is 5.58. The highest BCUT2D eigenvalue weighted by molar-refractivity contribution is 5.73. The van der Waals surface area contributed by atoms with E-state index < -0.39 is 5.60 Å². The van der Waals surface area contributed by atoms with Crippen LogP contribution in [-0.2, 0) is 16.9 Å². The van der Waals surface area contributed by atoms with Crippen LogP contribution in [0.25, 0.3) is 0 Å². The zero-order valence-corrected chi connectivity index (χ0v) is 14.0. The maximum atomic E-state index is 12.9. The van der Waals surface area contributed by atoms with E-state index in [0.29, 0.717) is 13.1 Å². The minimum atomic E-state index is -0.561. The Morgan fingerprint density at radius 1 is 1.08 bits per heavy atom. The predicted octanol–water partition coefficient (Wildman–Crippen LogP) is 3.58. The number of benzene rings is 2. The van der Waals surface area contributed by atoms with E-state index in [-0.39, 0.29) is 11.8 Å². The lowest BCUT2D eigenvalue weighted by Gasteiger charge is -2.32.